The van der Waals surface area contributed by atoms with Crippen LogP contribution in [-0.4, -0.2) is 32.0 Å². The molecule has 19 heavy (non-hydrogen) atoms. The number of rotatable bonds is 7. The molecule has 0 heterocycles. The van der Waals surface area contributed by atoms with Gasteiger partial charge in [-0.15, -0.1) is 0 Å². The second-order valence-electron chi connectivity index (χ2n) is 4.64. The monoisotopic (exact) mass is 287 g/mol. The van der Waals surface area contributed by atoms with Crippen molar-refractivity contribution in [2.75, 3.05) is 17.1 Å². The van der Waals surface area contributed by atoms with Gasteiger partial charge in [-0.1, -0.05) is 12.1 Å². The van der Waals surface area contributed by atoms with Crippen molar-refractivity contribution < 1.29 is 18.3 Å². The first-order valence-electron chi connectivity index (χ1n) is 6.20. The van der Waals surface area contributed by atoms with E-state index in [0.717, 1.165) is 0 Å². The molecule has 0 amide bonds. The van der Waals surface area contributed by atoms with Crippen LogP contribution in [0.1, 0.15) is 32.4 Å². The van der Waals surface area contributed by atoms with Crippen LogP contribution < -0.4 is 4.72 Å². The van der Waals surface area contributed by atoms with Gasteiger partial charge >= 0.3 is 0 Å². The zero-order valence-corrected chi connectivity index (χ0v) is 12.3. The van der Waals surface area contributed by atoms with Crippen molar-refractivity contribution in [2.45, 2.75) is 33.0 Å². The Morgan fingerprint density at radius 2 is 2.00 bits per heavy atom. The zero-order chi connectivity index (χ0) is 14.5. The molecule has 0 aliphatic heterocycles. The second kappa shape index (κ2) is 6.88. The molecule has 1 aromatic rings. The van der Waals surface area contributed by atoms with Crippen LogP contribution in [0.25, 0.3) is 0 Å². The zero-order valence-electron chi connectivity index (χ0n) is 11.5. The van der Waals surface area contributed by atoms with Gasteiger partial charge in [-0.3, -0.25) is 4.72 Å². The molecule has 1 rings (SSSR count). The normalized spacial score (nSPS) is 13.5. The molecule has 0 radical (unpaired) electrons. The van der Waals surface area contributed by atoms with Crippen LogP contribution in [0.3, 0.4) is 0 Å². The molecule has 2 N–H and O–H groups in total. The summed E-state index contributed by atoms with van der Waals surface area (Å²) < 4.78 is 31.3. The Bertz CT molecular complexity index is 497. The van der Waals surface area contributed by atoms with E-state index >= 15 is 0 Å². The van der Waals surface area contributed by atoms with Crippen LogP contribution in [-0.2, 0) is 14.8 Å². The smallest absolute Gasteiger partial charge is 0.235 e. The fraction of sp³-hybridized carbons (Fsp3) is 0.538. The Hall–Kier alpha value is -1.11. The topological polar surface area (TPSA) is 75.6 Å². The first-order valence-corrected chi connectivity index (χ1v) is 7.85. The number of aliphatic hydroxyl groups excluding tert-OH is 1. The summed E-state index contributed by atoms with van der Waals surface area (Å²) in [4.78, 5) is 0. The molecule has 108 valence electrons. The summed E-state index contributed by atoms with van der Waals surface area (Å²) in [5.41, 5.74) is 1.11. The molecular formula is C13H21NO4S. The SMILES string of the molecule is CC(C)OCCS(=O)(=O)Nc1cccc(C(C)O)c1. The lowest BCUT2D eigenvalue weighted by Gasteiger charge is -2.11. The van der Waals surface area contributed by atoms with Crippen molar-refractivity contribution >= 4 is 15.7 Å². The van der Waals surface area contributed by atoms with Gasteiger partial charge in [0.05, 0.1) is 24.6 Å². The minimum Gasteiger partial charge on any atom is -0.389 e. The summed E-state index contributed by atoms with van der Waals surface area (Å²) in [6, 6.07) is 6.70. The average molecular weight is 287 g/mol. The molecule has 0 saturated carbocycles. The van der Waals surface area contributed by atoms with Crippen molar-refractivity contribution in [3.63, 3.8) is 0 Å². The Labute approximate surface area is 114 Å². The maximum absolute atomic E-state index is 11.8. The van der Waals surface area contributed by atoms with Gasteiger partial charge in [-0.25, -0.2) is 8.42 Å². The average Bonchev–Trinajstić information content (AvgIpc) is 2.27. The van der Waals surface area contributed by atoms with Gasteiger partial charge in [-0.2, -0.15) is 0 Å². The van der Waals surface area contributed by atoms with Crippen molar-refractivity contribution in [2.24, 2.45) is 0 Å². The first kappa shape index (κ1) is 15.9. The highest BCUT2D eigenvalue weighted by Gasteiger charge is 2.11. The van der Waals surface area contributed by atoms with E-state index in [1.165, 1.54) is 0 Å². The predicted octanol–water partition coefficient (Wildman–Crippen LogP) is 1.91. The van der Waals surface area contributed by atoms with Crippen LogP contribution >= 0.6 is 0 Å². The number of nitrogens with one attached hydrogen (secondary N) is 1. The summed E-state index contributed by atoms with van der Waals surface area (Å²) in [6.45, 7) is 5.49. The van der Waals surface area contributed by atoms with Crippen LogP contribution in [0.15, 0.2) is 24.3 Å². The third-order valence-corrected chi connectivity index (χ3v) is 3.70. The molecular weight excluding hydrogens is 266 g/mol. The number of hydrogen-bond donors (Lipinski definition) is 2. The molecule has 0 aliphatic rings. The third kappa shape index (κ3) is 6.04. The molecule has 1 unspecified atom stereocenters. The van der Waals surface area contributed by atoms with Crippen molar-refractivity contribution in [1.82, 2.24) is 0 Å². The summed E-state index contributed by atoms with van der Waals surface area (Å²) in [6.07, 6.45) is -0.623. The Morgan fingerprint density at radius 1 is 1.32 bits per heavy atom. The maximum Gasteiger partial charge on any atom is 0.235 e. The number of ether oxygens (including phenoxy) is 1. The molecule has 0 spiro atoms. The Balaban J connectivity index is 2.65. The third-order valence-electron chi connectivity index (χ3n) is 2.45. The van der Waals surface area contributed by atoms with Crippen LogP contribution in [0.5, 0.6) is 0 Å². The molecule has 1 atom stereocenters. The van der Waals surface area contributed by atoms with E-state index in [0.29, 0.717) is 11.3 Å². The minimum absolute atomic E-state index is 0.00812. The highest BCUT2D eigenvalue weighted by molar-refractivity contribution is 7.92. The molecule has 5 nitrogen and oxygen atoms in total. The van der Waals surface area contributed by atoms with E-state index in [1.54, 1.807) is 31.2 Å². The van der Waals surface area contributed by atoms with Gasteiger partial charge in [0.2, 0.25) is 10.0 Å². The van der Waals surface area contributed by atoms with Gasteiger partial charge in [0.15, 0.2) is 0 Å². The minimum atomic E-state index is -3.43. The van der Waals surface area contributed by atoms with Gasteiger partial charge in [0.25, 0.3) is 0 Å². The second-order valence-corrected chi connectivity index (χ2v) is 6.48. The summed E-state index contributed by atoms with van der Waals surface area (Å²) in [5, 5.41) is 9.45. The molecule has 1 aromatic carbocycles. The summed E-state index contributed by atoms with van der Waals surface area (Å²) in [5.74, 6) is -0.0932. The lowest BCUT2D eigenvalue weighted by molar-refractivity contribution is 0.0913. The largest absolute Gasteiger partial charge is 0.389 e. The van der Waals surface area contributed by atoms with E-state index in [-0.39, 0.29) is 18.5 Å². The van der Waals surface area contributed by atoms with Crippen molar-refractivity contribution in [3.05, 3.63) is 29.8 Å². The summed E-state index contributed by atoms with van der Waals surface area (Å²) in [7, 11) is -3.43. The molecule has 0 saturated heterocycles. The quantitative estimate of drug-likeness (QED) is 0.803. The van der Waals surface area contributed by atoms with Gasteiger partial charge < -0.3 is 9.84 Å². The lowest BCUT2D eigenvalue weighted by atomic mass is 10.1. The fourth-order valence-corrected chi connectivity index (χ4v) is 2.39. The number of benzene rings is 1. The Morgan fingerprint density at radius 3 is 2.58 bits per heavy atom. The number of anilines is 1. The highest BCUT2D eigenvalue weighted by Crippen LogP contribution is 2.17. The standard InChI is InChI=1S/C13H21NO4S/c1-10(2)18-7-8-19(16,17)14-13-6-4-5-12(9-13)11(3)15/h4-6,9-11,14-15H,7-8H2,1-3H3. The molecule has 6 heteroatoms. The van der Waals surface area contributed by atoms with Crippen LogP contribution in [0.2, 0.25) is 0 Å². The van der Waals surface area contributed by atoms with Crippen LogP contribution in [0, 0.1) is 0 Å². The molecule has 0 fully saturated rings. The van der Waals surface area contributed by atoms with Gasteiger partial charge in [-0.05, 0) is 38.5 Å². The predicted molar refractivity (Wildman–Crippen MR) is 75.6 cm³/mol. The maximum atomic E-state index is 11.8. The van der Waals surface area contributed by atoms with Crippen molar-refractivity contribution in [1.29, 1.82) is 0 Å². The summed E-state index contributed by atoms with van der Waals surface area (Å²) >= 11 is 0. The van der Waals surface area contributed by atoms with Gasteiger partial charge in [0, 0.05) is 5.69 Å². The number of aliphatic hydroxyl groups is 1. The lowest BCUT2D eigenvalue weighted by Crippen LogP contribution is -2.21. The molecule has 0 aliphatic carbocycles. The van der Waals surface area contributed by atoms with Gasteiger partial charge in [0.1, 0.15) is 0 Å². The van der Waals surface area contributed by atoms with E-state index in [4.69, 9.17) is 4.74 Å². The van der Waals surface area contributed by atoms with E-state index in [1.807, 2.05) is 13.8 Å². The van der Waals surface area contributed by atoms with Crippen molar-refractivity contribution in [3.8, 4) is 0 Å². The van der Waals surface area contributed by atoms with E-state index < -0.39 is 16.1 Å². The fourth-order valence-electron chi connectivity index (χ4n) is 1.49. The van der Waals surface area contributed by atoms with E-state index in [9.17, 15) is 13.5 Å². The van der Waals surface area contributed by atoms with E-state index in [2.05, 4.69) is 4.72 Å². The molecule has 0 bridgehead atoms. The van der Waals surface area contributed by atoms with Crippen LogP contribution in [0.4, 0.5) is 5.69 Å². The number of sulfonamides is 1. The number of hydrogen-bond acceptors (Lipinski definition) is 4. The Kier molecular flexibility index (Phi) is 5.78. The molecule has 0 aromatic heterocycles. The highest BCUT2D eigenvalue weighted by atomic mass is 32.2. The first-order chi connectivity index (χ1) is 8.80.